The van der Waals surface area contributed by atoms with Crippen LogP contribution in [0.2, 0.25) is 5.02 Å². The second kappa shape index (κ2) is 6.84. The number of rotatable bonds is 4. The maximum atomic E-state index is 12.3. The van der Waals surface area contributed by atoms with E-state index < -0.39 is 6.61 Å². The first-order valence-corrected chi connectivity index (χ1v) is 8.39. The van der Waals surface area contributed by atoms with Crippen LogP contribution in [0.3, 0.4) is 0 Å². The SMILES string of the molecule is O=C(Nc1ccc(OC(F)F)c(Cl)c1)c1cc2c(s1)CCCC2. The molecule has 0 spiro atoms. The standard InChI is InChI=1S/C16H14ClF2NO2S/c17-11-8-10(5-6-12(11)22-16(18)19)20-15(21)14-7-9-3-1-2-4-13(9)23-14/h5-8,16H,1-4H2,(H,20,21). The van der Waals surface area contributed by atoms with Crippen LogP contribution in [0.25, 0.3) is 0 Å². The van der Waals surface area contributed by atoms with E-state index in [1.165, 1.54) is 40.0 Å². The van der Waals surface area contributed by atoms with Crippen molar-refractivity contribution in [1.29, 1.82) is 0 Å². The average Bonchev–Trinajstić information content (AvgIpc) is 2.94. The molecule has 122 valence electrons. The minimum atomic E-state index is -2.94. The number of amides is 1. The Hall–Kier alpha value is -1.66. The van der Waals surface area contributed by atoms with Crippen LogP contribution in [0.15, 0.2) is 24.3 Å². The normalized spacial score (nSPS) is 13.7. The number of carbonyl (C=O) groups is 1. The van der Waals surface area contributed by atoms with E-state index in [4.69, 9.17) is 11.6 Å². The van der Waals surface area contributed by atoms with Gasteiger partial charge in [-0.1, -0.05) is 11.6 Å². The van der Waals surface area contributed by atoms with Crippen LogP contribution < -0.4 is 10.1 Å². The molecule has 0 atom stereocenters. The second-order valence-electron chi connectivity index (χ2n) is 5.24. The Balaban J connectivity index is 1.72. The third-order valence-corrected chi connectivity index (χ3v) is 5.16. The Labute approximate surface area is 141 Å². The molecule has 1 aliphatic carbocycles. The topological polar surface area (TPSA) is 38.3 Å². The molecule has 3 rings (SSSR count). The van der Waals surface area contributed by atoms with E-state index in [1.54, 1.807) is 0 Å². The number of benzene rings is 1. The fraction of sp³-hybridized carbons (Fsp3) is 0.312. The Bertz CT molecular complexity index is 709. The molecule has 1 aromatic heterocycles. The van der Waals surface area contributed by atoms with Crippen LogP contribution in [0, 0.1) is 0 Å². The van der Waals surface area contributed by atoms with Crippen molar-refractivity contribution >= 4 is 34.5 Å². The lowest BCUT2D eigenvalue weighted by molar-refractivity contribution is -0.0497. The molecule has 1 aliphatic rings. The van der Waals surface area contributed by atoms with Crippen molar-refractivity contribution < 1.29 is 18.3 Å². The van der Waals surface area contributed by atoms with Crippen molar-refractivity contribution in [2.45, 2.75) is 32.3 Å². The van der Waals surface area contributed by atoms with Gasteiger partial charge in [0.2, 0.25) is 0 Å². The first-order valence-electron chi connectivity index (χ1n) is 7.20. The van der Waals surface area contributed by atoms with Crippen LogP contribution >= 0.6 is 22.9 Å². The lowest BCUT2D eigenvalue weighted by Gasteiger charge is -2.09. The molecule has 2 aromatic rings. The number of alkyl halides is 2. The summed E-state index contributed by atoms with van der Waals surface area (Å²) in [7, 11) is 0. The summed E-state index contributed by atoms with van der Waals surface area (Å²) in [5.74, 6) is -0.339. The van der Waals surface area contributed by atoms with Gasteiger partial charge in [-0.3, -0.25) is 4.79 Å². The minimum absolute atomic E-state index is 0.0218. The van der Waals surface area contributed by atoms with Gasteiger partial charge in [-0.15, -0.1) is 11.3 Å². The van der Waals surface area contributed by atoms with Crippen LogP contribution in [0.4, 0.5) is 14.5 Å². The molecule has 1 amide bonds. The van der Waals surface area contributed by atoms with Gasteiger partial charge in [0.1, 0.15) is 5.75 Å². The van der Waals surface area contributed by atoms with E-state index in [-0.39, 0.29) is 16.7 Å². The Morgan fingerprint density at radius 1 is 1.26 bits per heavy atom. The molecule has 7 heteroatoms. The predicted octanol–water partition coefficient (Wildman–Crippen LogP) is 5.13. The monoisotopic (exact) mass is 357 g/mol. The molecule has 0 saturated heterocycles. The summed E-state index contributed by atoms with van der Waals surface area (Å²) in [4.78, 5) is 14.2. The summed E-state index contributed by atoms with van der Waals surface area (Å²) in [6.45, 7) is -2.94. The van der Waals surface area contributed by atoms with E-state index >= 15 is 0 Å². The number of nitrogens with one attached hydrogen (secondary N) is 1. The van der Waals surface area contributed by atoms with Crippen molar-refractivity contribution in [3.8, 4) is 5.75 Å². The number of thiophene rings is 1. The Morgan fingerprint density at radius 2 is 2.04 bits per heavy atom. The van der Waals surface area contributed by atoms with Gasteiger partial charge < -0.3 is 10.1 Å². The van der Waals surface area contributed by atoms with Crippen LogP contribution in [0.5, 0.6) is 5.75 Å². The minimum Gasteiger partial charge on any atom is -0.433 e. The van der Waals surface area contributed by atoms with Crippen LogP contribution in [-0.2, 0) is 12.8 Å². The van der Waals surface area contributed by atoms with Crippen molar-refractivity contribution in [3.63, 3.8) is 0 Å². The summed E-state index contributed by atoms with van der Waals surface area (Å²) in [6.07, 6.45) is 4.37. The van der Waals surface area contributed by atoms with Crippen LogP contribution in [0.1, 0.15) is 33.0 Å². The molecule has 0 unspecified atom stereocenters. The van der Waals surface area contributed by atoms with Gasteiger partial charge >= 0.3 is 6.61 Å². The molecule has 0 radical (unpaired) electrons. The lowest BCUT2D eigenvalue weighted by Crippen LogP contribution is -2.10. The molecule has 0 bridgehead atoms. The first-order chi connectivity index (χ1) is 11.0. The van der Waals surface area contributed by atoms with Crippen molar-refractivity contribution in [1.82, 2.24) is 0 Å². The average molecular weight is 358 g/mol. The maximum Gasteiger partial charge on any atom is 0.387 e. The number of halogens is 3. The molecule has 1 aromatic carbocycles. The predicted molar refractivity (Wildman–Crippen MR) is 87.0 cm³/mol. The number of fused-ring (bicyclic) bond motifs is 1. The van der Waals surface area contributed by atoms with E-state index in [0.717, 1.165) is 25.7 Å². The number of ether oxygens (including phenoxy) is 1. The highest BCUT2D eigenvalue weighted by atomic mass is 35.5. The highest BCUT2D eigenvalue weighted by Crippen LogP contribution is 2.32. The van der Waals surface area contributed by atoms with Gasteiger partial charge in [-0.25, -0.2) is 0 Å². The fourth-order valence-electron chi connectivity index (χ4n) is 2.57. The summed E-state index contributed by atoms with van der Waals surface area (Å²) in [5.41, 5.74) is 1.69. The van der Waals surface area contributed by atoms with Crippen LogP contribution in [-0.4, -0.2) is 12.5 Å². The Kier molecular flexibility index (Phi) is 4.82. The zero-order valence-electron chi connectivity index (χ0n) is 12.1. The molecular weight excluding hydrogens is 344 g/mol. The Morgan fingerprint density at radius 3 is 2.74 bits per heavy atom. The highest BCUT2D eigenvalue weighted by Gasteiger charge is 2.18. The zero-order chi connectivity index (χ0) is 16.4. The third kappa shape index (κ3) is 3.82. The van der Waals surface area contributed by atoms with Gasteiger partial charge in [0.15, 0.2) is 0 Å². The van der Waals surface area contributed by atoms with Gasteiger partial charge in [-0.2, -0.15) is 8.78 Å². The van der Waals surface area contributed by atoms with Gasteiger partial charge in [0, 0.05) is 10.6 Å². The van der Waals surface area contributed by atoms with E-state index in [9.17, 15) is 13.6 Å². The zero-order valence-corrected chi connectivity index (χ0v) is 13.6. The van der Waals surface area contributed by atoms with E-state index in [1.807, 2.05) is 6.07 Å². The second-order valence-corrected chi connectivity index (χ2v) is 6.79. The lowest BCUT2D eigenvalue weighted by atomic mass is 9.99. The van der Waals surface area contributed by atoms with E-state index in [0.29, 0.717) is 10.6 Å². The largest absolute Gasteiger partial charge is 0.433 e. The number of aryl methyl sites for hydroxylation is 2. The number of hydrogen-bond acceptors (Lipinski definition) is 3. The molecular formula is C16H14ClF2NO2S. The van der Waals surface area contributed by atoms with Gasteiger partial charge in [0.25, 0.3) is 5.91 Å². The summed E-state index contributed by atoms with van der Waals surface area (Å²) < 4.78 is 28.7. The number of anilines is 1. The maximum absolute atomic E-state index is 12.3. The smallest absolute Gasteiger partial charge is 0.387 e. The quantitative estimate of drug-likeness (QED) is 0.823. The van der Waals surface area contributed by atoms with Crippen molar-refractivity contribution in [2.75, 3.05) is 5.32 Å². The molecule has 1 heterocycles. The molecule has 23 heavy (non-hydrogen) atoms. The number of hydrogen-bond donors (Lipinski definition) is 1. The first kappa shape index (κ1) is 16.2. The fourth-order valence-corrected chi connectivity index (χ4v) is 3.94. The molecule has 0 aliphatic heterocycles. The summed E-state index contributed by atoms with van der Waals surface area (Å²) >= 11 is 7.39. The van der Waals surface area contributed by atoms with Gasteiger partial charge in [0.05, 0.1) is 9.90 Å². The molecule has 0 saturated carbocycles. The summed E-state index contributed by atoms with van der Waals surface area (Å²) in [6, 6.07) is 6.12. The molecule has 0 fully saturated rings. The van der Waals surface area contributed by atoms with Crippen molar-refractivity contribution in [3.05, 3.63) is 44.6 Å². The third-order valence-electron chi connectivity index (χ3n) is 3.63. The highest BCUT2D eigenvalue weighted by molar-refractivity contribution is 7.14. The van der Waals surface area contributed by atoms with Gasteiger partial charge in [-0.05, 0) is 55.5 Å². The summed E-state index contributed by atoms with van der Waals surface area (Å²) in [5, 5.41) is 2.75. The molecule has 3 nitrogen and oxygen atoms in total. The van der Waals surface area contributed by atoms with E-state index in [2.05, 4.69) is 10.1 Å². The molecule has 1 N–H and O–H groups in total. The van der Waals surface area contributed by atoms with Crippen molar-refractivity contribution in [2.24, 2.45) is 0 Å². The number of carbonyl (C=O) groups excluding carboxylic acids is 1.